The van der Waals surface area contributed by atoms with Gasteiger partial charge in [-0.1, -0.05) is 56.2 Å². The van der Waals surface area contributed by atoms with E-state index in [2.05, 4.69) is 71.0 Å². The summed E-state index contributed by atoms with van der Waals surface area (Å²) in [7, 11) is -0.195. The molecule has 1 saturated carbocycles. The molecule has 3 aliphatic rings. The zero-order valence-corrected chi connectivity index (χ0v) is 17.5. The predicted molar refractivity (Wildman–Crippen MR) is 111 cm³/mol. The van der Waals surface area contributed by atoms with Gasteiger partial charge in [0.25, 0.3) is 0 Å². The van der Waals surface area contributed by atoms with Gasteiger partial charge in [0.15, 0.2) is 0 Å². The normalized spacial score (nSPS) is 32.6. The van der Waals surface area contributed by atoms with Crippen LogP contribution in [0.3, 0.4) is 0 Å². The first-order chi connectivity index (χ1) is 12.7. The van der Waals surface area contributed by atoms with E-state index in [4.69, 9.17) is 14.0 Å². The van der Waals surface area contributed by atoms with Crippen LogP contribution in [0, 0.1) is 5.41 Å². The summed E-state index contributed by atoms with van der Waals surface area (Å²) in [5.74, 6) is 0. The molecule has 0 unspecified atom stereocenters. The molecule has 0 N–H and O–H groups in total. The Morgan fingerprint density at radius 3 is 2.11 bits per heavy atom. The van der Waals surface area contributed by atoms with Crippen LogP contribution in [0.25, 0.3) is 6.08 Å². The Kier molecular flexibility index (Phi) is 4.61. The zero-order chi connectivity index (χ0) is 19.3. The van der Waals surface area contributed by atoms with E-state index in [-0.39, 0.29) is 29.3 Å². The third kappa shape index (κ3) is 3.30. The van der Waals surface area contributed by atoms with Crippen LogP contribution in [-0.2, 0) is 14.0 Å². The molecule has 2 heterocycles. The Morgan fingerprint density at radius 1 is 0.926 bits per heavy atom. The molecule has 2 saturated heterocycles. The maximum Gasteiger partial charge on any atom is 0.458 e. The summed E-state index contributed by atoms with van der Waals surface area (Å²) < 4.78 is 19.2. The maximum atomic E-state index is 6.54. The molecule has 3 fully saturated rings. The minimum Gasteiger partial charge on any atom is -0.403 e. The second-order valence-electron chi connectivity index (χ2n) is 9.91. The van der Waals surface area contributed by atoms with Gasteiger partial charge in [-0.25, -0.2) is 0 Å². The first kappa shape index (κ1) is 19.2. The van der Waals surface area contributed by atoms with Gasteiger partial charge in [-0.05, 0) is 58.0 Å². The van der Waals surface area contributed by atoms with Crippen molar-refractivity contribution in [2.75, 3.05) is 6.61 Å². The van der Waals surface area contributed by atoms with Crippen LogP contribution in [0.1, 0.15) is 65.9 Å². The van der Waals surface area contributed by atoms with Gasteiger partial charge in [-0.3, -0.25) is 0 Å². The average Bonchev–Trinajstić information content (AvgIpc) is 3.22. The van der Waals surface area contributed by atoms with Crippen LogP contribution in [0.15, 0.2) is 35.9 Å². The lowest BCUT2D eigenvalue weighted by Crippen LogP contribution is -2.41. The van der Waals surface area contributed by atoms with Crippen LogP contribution >= 0.6 is 0 Å². The van der Waals surface area contributed by atoms with E-state index in [1.54, 1.807) is 0 Å². The first-order valence-electron chi connectivity index (χ1n) is 10.4. The molecular formula is C23H33BO3. The molecule has 0 bridgehead atoms. The zero-order valence-electron chi connectivity index (χ0n) is 17.5. The molecule has 4 heteroatoms. The van der Waals surface area contributed by atoms with Crippen molar-refractivity contribution in [3.8, 4) is 0 Å². The third-order valence-corrected chi connectivity index (χ3v) is 7.25. The molecule has 0 amide bonds. The highest BCUT2D eigenvalue weighted by atomic mass is 16.7. The molecule has 1 aliphatic carbocycles. The van der Waals surface area contributed by atoms with Crippen LogP contribution < -0.4 is 0 Å². The van der Waals surface area contributed by atoms with Crippen molar-refractivity contribution in [1.82, 2.24) is 0 Å². The van der Waals surface area contributed by atoms with Gasteiger partial charge in [-0.15, -0.1) is 0 Å². The van der Waals surface area contributed by atoms with E-state index >= 15 is 0 Å². The topological polar surface area (TPSA) is 27.7 Å². The van der Waals surface area contributed by atoms with Crippen molar-refractivity contribution in [1.29, 1.82) is 0 Å². The SMILES string of the molecule is CC1(C)OB(C[C@@]2(C)COC3(CCCC3)/C2=C\c2ccccc2)OC1(C)C. The lowest BCUT2D eigenvalue weighted by molar-refractivity contribution is 0.00578. The monoisotopic (exact) mass is 368 g/mol. The summed E-state index contributed by atoms with van der Waals surface area (Å²) in [5, 5.41) is 0. The quantitative estimate of drug-likeness (QED) is 0.659. The largest absolute Gasteiger partial charge is 0.458 e. The Labute approximate surface area is 164 Å². The second-order valence-corrected chi connectivity index (χ2v) is 9.91. The molecule has 2 aliphatic heterocycles. The van der Waals surface area contributed by atoms with Crippen molar-refractivity contribution in [3.05, 3.63) is 41.5 Å². The highest BCUT2D eigenvalue weighted by Gasteiger charge is 2.58. The van der Waals surface area contributed by atoms with Crippen molar-refractivity contribution in [3.63, 3.8) is 0 Å². The van der Waals surface area contributed by atoms with E-state index < -0.39 is 0 Å². The summed E-state index contributed by atoms with van der Waals surface area (Å²) >= 11 is 0. The van der Waals surface area contributed by atoms with Crippen LogP contribution in [0.2, 0.25) is 6.32 Å². The van der Waals surface area contributed by atoms with Crippen LogP contribution in [-0.4, -0.2) is 30.5 Å². The van der Waals surface area contributed by atoms with Crippen molar-refractivity contribution in [2.45, 2.75) is 83.4 Å². The van der Waals surface area contributed by atoms with Gasteiger partial charge in [-0.2, -0.15) is 0 Å². The number of ether oxygens (including phenoxy) is 1. The van der Waals surface area contributed by atoms with Crippen LogP contribution in [0.4, 0.5) is 0 Å². The molecule has 1 aromatic carbocycles. The fourth-order valence-corrected chi connectivity index (χ4v) is 4.97. The smallest absolute Gasteiger partial charge is 0.403 e. The molecule has 3 nitrogen and oxygen atoms in total. The van der Waals surface area contributed by atoms with Gasteiger partial charge in [0.05, 0.1) is 23.4 Å². The molecule has 1 atom stereocenters. The highest BCUT2D eigenvalue weighted by Crippen LogP contribution is 2.56. The summed E-state index contributed by atoms with van der Waals surface area (Å²) in [6, 6.07) is 10.7. The fraction of sp³-hybridized carbons (Fsp3) is 0.652. The van der Waals surface area contributed by atoms with E-state index in [0.29, 0.717) is 0 Å². The first-order valence-corrected chi connectivity index (χ1v) is 10.4. The molecule has 4 rings (SSSR count). The fourth-order valence-electron chi connectivity index (χ4n) is 4.97. The van der Waals surface area contributed by atoms with Gasteiger partial charge < -0.3 is 14.0 Å². The number of benzene rings is 1. The van der Waals surface area contributed by atoms with Crippen molar-refractivity contribution < 1.29 is 14.0 Å². The molecule has 27 heavy (non-hydrogen) atoms. The van der Waals surface area contributed by atoms with Crippen LogP contribution in [0.5, 0.6) is 0 Å². The number of hydrogen-bond acceptors (Lipinski definition) is 3. The van der Waals surface area contributed by atoms with Gasteiger partial charge in [0.2, 0.25) is 0 Å². The number of rotatable bonds is 3. The molecule has 0 radical (unpaired) electrons. The lowest BCUT2D eigenvalue weighted by atomic mass is 9.63. The molecule has 1 spiro atoms. The van der Waals surface area contributed by atoms with E-state index in [0.717, 1.165) is 25.8 Å². The Hall–Kier alpha value is -1.10. The summed E-state index contributed by atoms with van der Waals surface area (Å²) in [6.07, 6.45) is 7.97. The molecule has 1 aromatic rings. The predicted octanol–water partition coefficient (Wildman–Crippen LogP) is 5.51. The minimum absolute atomic E-state index is 0.0681. The van der Waals surface area contributed by atoms with E-state index in [1.807, 2.05) is 0 Å². The standard InChI is InChI=1S/C23H33BO3/c1-20(2)21(3,4)27-24(26-20)16-22(5)17-25-23(13-9-10-14-23)19(22)15-18-11-7-6-8-12-18/h6-8,11-12,15H,9-10,13-14,16-17H2,1-5H3/b19-15-/t22-/m0/s1. The maximum absolute atomic E-state index is 6.54. The van der Waals surface area contributed by atoms with Gasteiger partial charge in [0.1, 0.15) is 0 Å². The summed E-state index contributed by atoms with van der Waals surface area (Å²) in [5.41, 5.74) is 1.96. The van der Waals surface area contributed by atoms with Crippen molar-refractivity contribution in [2.24, 2.45) is 5.41 Å². The Balaban J connectivity index is 1.65. The van der Waals surface area contributed by atoms with E-state index in [9.17, 15) is 0 Å². The average molecular weight is 368 g/mol. The van der Waals surface area contributed by atoms with E-state index in [1.165, 1.54) is 24.0 Å². The molecule has 0 aromatic heterocycles. The van der Waals surface area contributed by atoms with Gasteiger partial charge in [0, 0.05) is 5.41 Å². The molecule has 146 valence electrons. The number of hydrogen-bond donors (Lipinski definition) is 0. The molecular weight excluding hydrogens is 335 g/mol. The lowest BCUT2D eigenvalue weighted by Gasteiger charge is -2.32. The van der Waals surface area contributed by atoms with Gasteiger partial charge >= 0.3 is 7.12 Å². The Morgan fingerprint density at radius 2 is 1.52 bits per heavy atom. The summed E-state index contributed by atoms with van der Waals surface area (Å²) in [4.78, 5) is 0. The Bertz CT molecular complexity index is 702. The highest BCUT2D eigenvalue weighted by molar-refractivity contribution is 6.45. The minimum atomic E-state index is -0.290. The second kappa shape index (κ2) is 6.47. The van der Waals surface area contributed by atoms with Crippen molar-refractivity contribution >= 4 is 13.2 Å². The third-order valence-electron chi connectivity index (χ3n) is 7.25. The summed E-state index contributed by atoms with van der Waals surface area (Å²) in [6.45, 7) is 11.6.